The number of amides is 1. The van der Waals surface area contributed by atoms with Gasteiger partial charge in [0.05, 0.1) is 18.7 Å². The van der Waals surface area contributed by atoms with Crippen LogP contribution in [-0.4, -0.2) is 38.6 Å². The molecule has 0 aliphatic carbocycles. The maximum Gasteiger partial charge on any atom is 0.253 e. The van der Waals surface area contributed by atoms with Gasteiger partial charge in [0.15, 0.2) is 0 Å². The number of hydrogen-bond acceptors (Lipinski definition) is 3. The summed E-state index contributed by atoms with van der Waals surface area (Å²) in [6, 6.07) is 13.2. The first-order valence-electron chi connectivity index (χ1n) is 7.27. The number of nitrogens with zero attached hydrogens (tertiary/aromatic N) is 1. The van der Waals surface area contributed by atoms with Gasteiger partial charge in [-0.3, -0.25) is 4.79 Å². The summed E-state index contributed by atoms with van der Waals surface area (Å²) in [7, 11) is 5.06. The Morgan fingerprint density at radius 2 is 1.78 bits per heavy atom. The normalized spacial score (nSPS) is 10.3. The lowest BCUT2D eigenvalue weighted by atomic mass is 10.1. The number of ether oxygens (including phenoxy) is 2. The van der Waals surface area contributed by atoms with Gasteiger partial charge in [-0.1, -0.05) is 12.1 Å². The zero-order chi connectivity index (χ0) is 16.8. The van der Waals surface area contributed by atoms with Crippen LogP contribution in [0.5, 0.6) is 11.5 Å². The molecule has 2 aromatic rings. The van der Waals surface area contributed by atoms with E-state index in [9.17, 15) is 4.79 Å². The monoisotopic (exact) mass is 377 g/mol. The van der Waals surface area contributed by atoms with Crippen molar-refractivity contribution < 1.29 is 14.3 Å². The average molecular weight is 378 g/mol. The van der Waals surface area contributed by atoms with Crippen LogP contribution >= 0.6 is 15.9 Å². The highest BCUT2D eigenvalue weighted by molar-refractivity contribution is 9.10. The third kappa shape index (κ3) is 4.48. The molecule has 0 unspecified atom stereocenters. The van der Waals surface area contributed by atoms with Crippen LogP contribution in [0.15, 0.2) is 46.9 Å². The van der Waals surface area contributed by atoms with Crippen molar-refractivity contribution in [3.8, 4) is 11.5 Å². The van der Waals surface area contributed by atoms with E-state index in [4.69, 9.17) is 9.47 Å². The number of methoxy groups -OCH3 is 2. The molecule has 5 heteroatoms. The third-order valence-electron chi connectivity index (χ3n) is 3.64. The van der Waals surface area contributed by atoms with E-state index < -0.39 is 0 Å². The average Bonchev–Trinajstić information content (AvgIpc) is 2.59. The highest BCUT2D eigenvalue weighted by Crippen LogP contribution is 2.26. The number of carbonyl (C=O) groups excluding carboxylic acids is 1. The zero-order valence-corrected chi connectivity index (χ0v) is 15.1. The molecule has 23 heavy (non-hydrogen) atoms. The highest BCUT2D eigenvalue weighted by Gasteiger charge is 2.13. The smallest absolute Gasteiger partial charge is 0.253 e. The van der Waals surface area contributed by atoms with Gasteiger partial charge in [0.2, 0.25) is 0 Å². The fraction of sp³-hybridized carbons (Fsp3) is 0.278. The first-order valence-corrected chi connectivity index (χ1v) is 8.06. The third-order valence-corrected chi connectivity index (χ3v) is 4.26. The molecule has 0 radical (unpaired) electrons. The molecule has 0 heterocycles. The Bertz CT molecular complexity index is 670. The molecule has 0 aromatic heterocycles. The summed E-state index contributed by atoms with van der Waals surface area (Å²) in [5.41, 5.74) is 1.80. The Morgan fingerprint density at radius 1 is 1.09 bits per heavy atom. The number of likely N-dealkylation sites (N-methyl/N-ethyl adjacent to an activating group) is 1. The van der Waals surface area contributed by atoms with Crippen molar-refractivity contribution in [3.63, 3.8) is 0 Å². The van der Waals surface area contributed by atoms with Gasteiger partial charge in [-0.25, -0.2) is 0 Å². The van der Waals surface area contributed by atoms with Gasteiger partial charge in [-0.15, -0.1) is 0 Å². The van der Waals surface area contributed by atoms with Crippen molar-refractivity contribution in [1.82, 2.24) is 4.90 Å². The summed E-state index contributed by atoms with van der Waals surface area (Å²) in [5, 5.41) is 0. The van der Waals surface area contributed by atoms with Gasteiger partial charge < -0.3 is 14.4 Å². The highest BCUT2D eigenvalue weighted by atomic mass is 79.9. The molecule has 0 atom stereocenters. The van der Waals surface area contributed by atoms with Crippen LogP contribution in [0, 0.1) is 0 Å². The summed E-state index contributed by atoms with van der Waals surface area (Å²) in [6.07, 6.45) is 0.795. The molecule has 4 nitrogen and oxygen atoms in total. The van der Waals surface area contributed by atoms with Crippen molar-refractivity contribution >= 4 is 21.8 Å². The van der Waals surface area contributed by atoms with E-state index >= 15 is 0 Å². The van der Waals surface area contributed by atoms with Gasteiger partial charge in [0.25, 0.3) is 5.91 Å². The predicted molar refractivity (Wildman–Crippen MR) is 94.4 cm³/mol. The van der Waals surface area contributed by atoms with Crippen molar-refractivity contribution in [1.29, 1.82) is 0 Å². The standard InChI is InChI=1S/C18H20BrNO3/c1-20(11-10-13-4-7-15(22-2)8-5-13)18(21)14-6-9-17(23-3)16(19)12-14/h4-9,12H,10-11H2,1-3H3. The Balaban J connectivity index is 1.97. The van der Waals surface area contributed by atoms with Crippen LogP contribution in [-0.2, 0) is 6.42 Å². The Morgan fingerprint density at radius 3 is 2.35 bits per heavy atom. The van der Waals surface area contributed by atoms with Gasteiger partial charge in [0, 0.05) is 19.2 Å². The molecule has 0 saturated carbocycles. The summed E-state index contributed by atoms with van der Waals surface area (Å²) in [5.74, 6) is 1.53. The maximum absolute atomic E-state index is 12.5. The lowest BCUT2D eigenvalue weighted by molar-refractivity contribution is 0.0796. The number of carbonyl (C=O) groups is 1. The first kappa shape index (κ1) is 17.3. The van der Waals surface area contributed by atoms with E-state index in [0.29, 0.717) is 17.9 Å². The van der Waals surface area contributed by atoms with Crippen LogP contribution in [0.3, 0.4) is 0 Å². The molecular formula is C18H20BrNO3. The number of halogens is 1. The minimum Gasteiger partial charge on any atom is -0.497 e. The Kier molecular flexibility index (Phi) is 6.04. The van der Waals surface area contributed by atoms with E-state index in [1.165, 1.54) is 5.56 Å². The van der Waals surface area contributed by atoms with Crippen LogP contribution < -0.4 is 9.47 Å². The molecule has 1 amide bonds. The minimum absolute atomic E-state index is 0.0122. The van der Waals surface area contributed by atoms with Crippen molar-refractivity contribution in [2.45, 2.75) is 6.42 Å². The van der Waals surface area contributed by atoms with Gasteiger partial charge in [-0.05, 0) is 58.2 Å². The SMILES string of the molecule is COc1ccc(CCN(C)C(=O)c2ccc(OC)c(Br)c2)cc1. The van der Waals surface area contributed by atoms with Crippen LogP contribution in [0.2, 0.25) is 0 Å². The number of benzene rings is 2. The number of rotatable bonds is 6. The molecule has 2 rings (SSSR count). The molecule has 0 spiro atoms. The van der Waals surface area contributed by atoms with E-state index in [1.807, 2.05) is 31.3 Å². The van der Waals surface area contributed by atoms with Crippen LogP contribution in [0.25, 0.3) is 0 Å². The molecule has 122 valence electrons. The summed E-state index contributed by atoms with van der Waals surface area (Å²) >= 11 is 3.41. The second-order valence-corrected chi connectivity index (χ2v) is 6.03. The summed E-state index contributed by atoms with van der Waals surface area (Å²) in [4.78, 5) is 14.2. The quantitative estimate of drug-likeness (QED) is 0.768. The molecule has 0 aliphatic rings. The summed E-state index contributed by atoms with van der Waals surface area (Å²) < 4.78 is 11.1. The van der Waals surface area contributed by atoms with E-state index in [-0.39, 0.29) is 5.91 Å². The fourth-order valence-corrected chi connectivity index (χ4v) is 2.75. The zero-order valence-electron chi connectivity index (χ0n) is 13.5. The molecule has 0 bridgehead atoms. The van der Waals surface area contributed by atoms with Gasteiger partial charge in [-0.2, -0.15) is 0 Å². The van der Waals surface area contributed by atoms with Crippen molar-refractivity contribution in [2.24, 2.45) is 0 Å². The first-order chi connectivity index (χ1) is 11.0. The lowest BCUT2D eigenvalue weighted by Gasteiger charge is -2.18. The molecule has 0 aliphatic heterocycles. The second-order valence-electron chi connectivity index (χ2n) is 5.17. The Labute approximate surface area is 145 Å². The lowest BCUT2D eigenvalue weighted by Crippen LogP contribution is -2.28. The van der Waals surface area contributed by atoms with E-state index in [0.717, 1.165) is 16.6 Å². The molecule has 0 fully saturated rings. The van der Waals surface area contributed by atoms with Gasteiger partial charge in [0.1, 0.15) is 11.5 Å². The van der Waals surface area contributed by atoms with Crippen molar-refractivity contribution in [2.75, 3.05) is 27.8 Å². The molecule has 2 aromatic carbocycles. The van der Waals surface area contributed by atoms with Gasteiger partial charge >= 0.3 is 0 Å². The predicted octanol–water partition coefficient (Wildman–Crippen LogP) is 3.78. The number of hydrogen-bond donors (Lipinski definition) is 0. The summed E-state index contributed by atoms with van der Waals surface area (Å²) in [6.45, 7) is 0.648. The topological polar surface area (TPSA) is 38.8 Å². The second kappa shape index (κ2) is 8.02. The van der Waals surface area contributed by atoms with E-state index in [2.05, 4.69) is 15.9 Å². The molecule has 0 N–H and O–H groups in total. The largest absolute Gasteiger partial charge is 0.497 e. The van der Waals surface area contributed by atoms with Crippen LogP contribution in [0.1, 0.15) is 15.9 Å². The molecule has 0 saturated heterocycles. The fourth-order valence-electron chi connectivity index (χ4n) is 2.21. The molecular weight excluding hydrogens is 358 g/mol. The maximum atomic E-state index is 12.5. The van der Waals surface area contributed by atoms with E-state index in [1.54, 1.807) is 37.3 Å². The minimum atomic E-state index is -0.0122. The van der Waals surface area contributed by atoms with Crippen molar-refractivity contribution in [3.05, 3.63) is 58.1 Å². The Hall–Kier alpha value is -2.01. The van der Waals surface area contributed by atoms with Crippen LogP contribution in [0.4, 0.5) is 0 Å².